The molecule has 0 atom stereocenters. The second-order valence-electron chi connectivity index (χ2n) is 7.06. The zero-order chi connectivity index (χ0) is 22.4. The molecule has 7 heteroatoms. The van der Waals surface area contributed by atoms with E-state index in [1.165, 1.54) is 10.4 Å². The third kappa shape index (κ3) is 5.23. The van der Waals surface area contributed by atoms with Crippen LogP contribution in [0, 0.1) is 18.3 Å². The van der Waals surface area contributed by atoms with Crippen LogP contribution in [0.2, 0.25) is 0 Å². The van der Waals surface area contributed by atoms with Crippen LogP contribution in [0.15, 0.2) is 71.6 Å². The number of methoxy groups -OCH3 is 2. The van der Waals surface area contributed by atoms with Gasteiger partial charge in [0.25, 0.3) is 0 Å². The molecule has 0 aliphatic rings. The van der Waals surface area contributed by atoms with Gasteiger partial charge in [-0.05, 0) is 66.1 Å². The zero-order valence-corrected chi connectivity index (χ0v) is 18.5. The lowest BCUT2D eigenvalue weighted by Crippen LogP contribution is -2.30. The first-order chi connectivity index (χ1) is 14.9. The van der Waals surface area contributed by atoms with Crippen molar-refractivity contribution in [1.82, 2.24) is 4.31 Å². The number of nitriles is 1. The minimum Gasteiger partial charge on any atom is -0.497 e. The minimum absolute atomic E-state index is 0.158. The van der Waals surface area contributed by atoms with Gasteiger partial charge in [0.2, 0.25) is 10.0 Å². The number of rotatable bonds is 8. The number of benzene rings is 3. The van der Waals surface area contributed by atoms with E-state index in [1.54, 1.807) is 57.5 Å². The predicted molar refractivity (Wildman–Crippen MR) is 118 cm³/mol. The van der Waals surface area contributed by atoms with E-state index in [1.807, 2.05) is 24.3 Å². The summed E-state index contributed by atoms with van der Waals surface area (Å²) in [7, 11) is -0.643. The normalized spacial score (nSPS) is 11.2. The highest BCUT2D eigenvalue weighted by atomic mass is 32.2. The highest BCUT2D eigenvalue weighted by Crippen LogP contribution is 2.24. The van der Waals surface area contributed by atoms with Crippen LogP contribution in [0.25, 0.3) is 0 Å². The SMILES string of the molecule is COc1ccc(CN(Cc2ccc(OC)cc2)S(=O)(=O)c2ccc(C#N)c(C)c2)cc1. The summed E-state index contributed by atoms with van der Waals surface area (Å²) >= 11 is 0. The molecule has 3 aromatic rings. The van der Waals surface area contributed by atoms with Crippen molar-refractivity contribution in [2.24, 2.45) is 0 Å². The van der Waals surface area contributed by atoms with Crippen molar-refractivity contribution in [2.45, 2.75) is 24.9 Å². The standard InChI is InChI=1S/C24H24N2O4S/c1-18-14-24(13-8-21(18)15-25)31(27,28)26(16-19-4-9-22(29-2)10-5-19)17-20-6-11-23(30-3)12-7-20/h4-14H,16-17H2,1-3H3. The van der Waals surface area contributed by atoms with Crippen LogP contribution in [0.5, 0.6) is 11.5 Å². The molecule has 3 rings (SSSR count). The van der Waals surface area contributed by atoms with Crippen LogP contribution in [-0.4, -0.2) is 26.9 Å². The summed E-state index contributed by atoms with van der Waals surface area (Å²) in [5.74, 6) is 1.41. The van der Waals surface area contributed by atoms with Crippen LogP contribution in [-0.2, 0) is 23.1 Å². The zero-order valence-electron chi connectivity index (χ0n) is 17.7. The van der Waals surface area contributed by atoms with Gasteiger partial charge in [-0.2, -0.15) is 9.57 Å². The van der Waals surface area contributed by atoms with Crippen LogP contribution < -0.4 is 9.47 Å². The third-order valence-corrected chi connectivity index (χ3v) is 6.78. The largest absolute Gasteiger partial charge is 0.497 e. The van der Waals surface area contributed by atoms with Gasteiger partial charge in [0, 0.05) is 13.1 Å². The highest BCUT2D eigenvalue weighted by Gasteiger charge is 2.25. The maximum Gasteiger partial charge on any atom is 0.243 e. The first-order valence-electron chi connectivity index (χ1n) is 9.64. The molecule has 3 aromatic carbocycles. The van der Waals surface area contributed by atoms with E-state index in [4.69, 9.17) is 14.7 Å². The van der Waals surface area contributed by atoms with Crippen molar-refractivity contribution in [3.8, 4) is 17.6 Å². The Balaban J connectivity index is 1.98. The van der Waals surface area contributed by atoms with Gasteiger partial charge in [-0.15, -0.1) is 0 Å². The summed E-state index contributed by atoms with van der Waals surface area (Å²) < 4.78 is 38.9. The van der Waals surface area contributed by atoms with E-state index in [0.717, 1.165) is 11.1 Å². The molecular weight excluding hydrogens is 412 g/mol. The Kier molecular flexibility index (Phi) is 6.95. The molecule has 0 aromatic heterocycles. The molecule has 0 radical (unpaired) electrons. The molecule has 0 saturated carbocycles. The molecule has 0 fully saturated rings. The molecule has 6 nitrogen and oxygen atoms in total. The van der Waals surface area contributed by atoms with Gasteiger partial charge < -0.3 is 9.47 Å². The fourth-order valence-electron chi connectivity index (χ4n) is 3.17. The van der Waals surface area contributed by atoms with Gasteiger partial charge in [0.05, 0.1) is 30.7 Å². The highest BCUT2D eigenvalue weighted by molar-refractivity contribution is 7.89. The van der Waals surface area contributed by atoms with Crippen molar-refractivity contribution in [1.29, 1.82) is 5.26 Å². The van der Waals surface area contributed by atoms with Crippen LogP contribution in [0.4, 0.5) is 0 Å². The lowest BCUT2D eigenvalue weighted by atomic mass is 10.1. The van der Waals surface area contributed by atoms with Crippen LogP contribution in [0.1, 0.15) is 22.3 Å². The summed E-state index contributed by atoms with van der Waals surface area (Å²) in [6, 6.07) is 21.2. The molecule has 0 heterocycles. The van der Waals surface area contributed by atoms with E-state index in [9.17, 15) is 8.42 Å². The maximum absolute atomic E-state index is 13.5. The Bertz CT molecular complexity index is 1130. The molecule has 0 amide bonds. The summed E-state index contributed by atoms with van der Waals surface area (Å²) in [6.45, 7) is 2.11. The second kappa shape index (κ2) is 9.65. The van der Waals surface area contributed by atoms with Crippen molar-refractivity contribution in [3.05, 3.63) is 89.0 Å². The summed E-state index contributed by atoms with van der Waals surface area (Å²) in [5, 5.41) is 9.17. The van der Waals surface area contributed by atoms with Crippen molar-refractivity contribution >= 4 is 10.0 Å². The lowest BCUT2D eigenvalue weighted by Gasteiger charge is -2.23. The van der Waals surface area contributed by atoms with Gasteiger partial charge in [-0.3, -0.25) is 0 Å². The Morgan fingerprint density at radius 3 is 1.71 bits per heavy atom. The molecule has 0 aliphatic heterocycles. The smallest absolute Gasteiger partial charge is 0.243 e. The average molecular weight is 437 g/mol. The Labute approximate surface area is 183 Å². The molecule has 0 aliphatic carbocycles. The first kappa shape index (κ1) is 22.3. The molecule has 0 N–H and O–H groups in total. The number of aryl methyl sites for hydroxylation is 1. The monoisotopic (exact) mass is 436 g/mol. The van der Waals surface area contributed by atoms with Crippen molar-refractivity contribution in [2.75, 3.05) is 14.2 Å². The summed E-state index contributed by atoms with van der Waals surface area (Å²) in [6.07, 6.45) is 0. The summed E-state index contributed by atoms with van der Waals surface area (Å²) in [5.41, 5.74) is 2.75. The van der Waals surface area contributed by atoms with E-state index in [2.05, 4.69) is 6.07 Å². The average Bonchev–Trinajstić information content (AvgIpc) is 2.79. The number of hydrogen-bond acceptors (Lipinski definition) is 5. The Morgan fingerprint density at radius 2 is 1.32 bits per heavy atom. The van der Waals surface area contributed by atoms with Crippen molar-refractivity contribution < 1.29 is 17.9 Å². The molecular formula is C24H24N2O4S. The number of hydrogen-bond donors (Lipinski definition) is 0. The van der Waals surface area contributed by atoms with Gasteiger partial charge in [0.1, 0.15) is 11.5 Å². The third-order valence-electron chi connectivity index (χ3n) is 4.99. The number of sulfonamides is 1. The molecule has 160 valence electrons. The van der Waals surface area contributed by atoms with Crippen LogP contribution >= 0.6 is 0 Å². The molecule has 0 unspecified atom stereocenters. The van der Waals surface area contributed by atoms with E-state index < -0.39 is 10.0 Å². The van der Waals surface area contributed by atoms with Gasteiger partial charge in [-0.25, -0.2) is 8.42 Å². The molecule has 0 bridgehead atoms. The van der Waals surface area contributed by atoms with Crippen LogP contribution in [0.3, 0.4) is 0 Å². The molecule has 31 heavy (non-hydrogen) atoms. The number of nitrogens with zero attached hydrogens (tertiary/aromatic N) is 2. The first-order valence-corrected chi connectivity index (χ1v) is 11.1. The topological polar surface area (TPSA) is 79.6 Å². The quantitative estimate of drug-likeness (QED) is 0.527. The van der Waals surface area contributed by atoms with Gasteiger partial charge >= 0.3 is 0 Å². The Morgan fingerprint density at radius 1 is 0.839 bits per heavy atom. The van der Waals surface area contributed by atoms with Gasteiger partial charge in [0.15, 0.2) is 0 Å². The second-order valence-corrected chi connectivity index (χ2v) is 9.00. The minimum atomic E-state index is -3.81. The fourth-order valence-corrected chi connectivity index (χ4v) is 4.67. The maximum atomic E-state index is 13.5. The van der Waals surface area contributed by atoms with E-state index >= 15 is 0 Å². The molecule has 0 spiro atoms. The molecule has 0 saturated heterocycles. The lowest BCUT2D eigenvalue weighted by molar-refractivity contribution is 0.397. The predicted octanol–water partition coefficient (Wildman–Crippen LogP) is 4.28. The summed E-state index contributed by atoms with van der Waals surface area (Å²) in [4.78, 5) is 0.158. The fraction of sp³-hybridized carbons (Fsp3) is 0.208. The van der Waals surface area contributed by atoms with Crippen molar-refractivity contribution in [3.63, 3.8) is 0 Å². The van der Waals surface area contributed by atoms with Gasteiger partial charge in [-0.1, -0.05) is 24.3 Å². The number of ether oxygens (including phenoxy) is 2. The Hall–Kier alpha value is -3.34. The van der Waals surface area contributed by atoms with E-state index in [0.29, 0.717) is 22.6 Å². The van der Waals surface area contributed by atoms with E-state index in [-0.39, 0.29) is 18.0 Å².